The van der Waals surface area contributed by atoms with Gasteiger partial charge in [-0.3, -0.25) is 0 Å². The fraction of sp³-hybridized carbons (Fsp3) is 1.00. The lowest BCUT2D eigenvalue weighted by Gasteiger charge is -2.62. The first kappa shape index (κ1) is 20.4. The van der Waals surface area contributed by atoms with Crippen LogP contribution >= 0.6 is 0 Å². The van der Waals surface area contributed by atoms with Gasteiger partial charge in [0, 0.05) is 12.8 Å². The van der Waals surface area contributed by atoms with Crippen LogP contribution in [0.1, 0.15) is 85.0 Å². The Morgan fingerprint density at radius 1 is 0.867 bits per heavy atom. The van der Waals surface area contributed by atoms with E-state index >= 15 is 0 Å². The molecule has 0 aromatic rings. The Morgan fingerprint density at radius 2 is 1.70 bits per heavy atom. The lowest BCUT2D eigenvalue weighted by molar-refractivity contribution is -0.256. The van der Waals surface area contributed by atoms with Gasteiger partial charge in [0.1, 0.15) is 0 Å². The standard InChI is InChI=1S/C26H42O4/c1-15-6-9-26(29-14-15)13-21-22(30-26)12-20-18-5-4-16-10-17(27)11-23(28)25(16,3)19(18)7-8-24(20,21)2/h15-23,27-28H,4-14H2,1-3H3/t15-,16-,17+,18+,19-,20-,21+,22-,23+,24-,25-,26+/m1/s1. The zero-order valence-corrected chi connectivity index (χ0v) is 19.2. The number of hydrogen-bond donors (Lipinski definition) is 2. The molecule has 4 saturated carbocycles. The zero-order chi connectivity index (χ0) is 20.9. The van der Waals surface area contributed by atoms with Gasteiger partial charge in [-0.1, -0.05) is 20.8 Å². The highest BCUT2D eigenvalue weighted by atomic mass is 16.7. The maximum Gasteiger partial charge on any atom is 0.169 e. The summed E-state index contributed by atoms with van der Waals surface area (Å²) in [6.07, 6.45) is 10.8. The molecule has 6 rings (SSSR count). The molecule has 6 aliphatic rings. The van der Waals surface area contributed by atoms with Crippen molar-refractivity contribution >= 4 is 0 Å². The Balaban J connectivity index is 1.24. The van der Waals surface area contributed by atoms with Crippen LogP contribution in [0.25, 0.3) is 0 Å². The fourth-order valence-corrected chi connectivity index (χ4v) is 9.71. The minimum absolute atomic E-state index is 0.00806. The summed E-state index contributed by atoms with van der Waals surface area (Å²) in [7, 11) is 0. The second-order valence-corrected chi connectivity index (χ2v) is 12.8. The van der Waals surface area contributed by atoms with Crippen LogP contribution in [-0.4, -0.2) is 40.9 Å². The van der Waals surface area contributed by atoms with Crippen molar-refractivity contribution < 1.29 is 19.7 Å². The largest absolute Gasteiger partial charge is 0.393 e. The molecule has 0 unspecified atom stereocenters. The first-order valence-corrected chi connectivity index (χ1v) is 12.9. The molecule has 0 aromatic heterocycles. The lowest BCUT2D eigenvalue weighted by atomic mass is 9.44. The average Bonchev–Trinajstić information content (AvgIpc) is 3.19. The van der Waals surface area contributed by atoms with Crippen LogP contribution in [0.2, 0.25) is 0 Å². The van der Waals surface area contributed by atoms with Crippen molar-refractivity contribution in [1.29, 1.82) is 0 Å². The number of aliphatic hydroxyl groups excluding tert-OH is 2. The van der Waals surface area contributed by atoms with Crippen LogP contribution in [0, 0.1) is 46.3 Å². The Bertz CT molecular complexity index is 687. The van der Waals surface area contributed by atoms with Crippen molar-refractivity contribution in [2.75, 3.05) is 6.61 Å². The maximum absolute atomic E-state index is 11.1. The number of rotatable bonds is 0. The third-order valence-electron chi connectivity index (χ3n) is 11.5. The second-order valence-electron chi connectivity index (χ2n) is 12.8. The molecule has 2 heterocycles. The van der Waals surface area contributed by atoms with E-state index in [1.165, 1.54) is 38.5 Å². The number of ether oxygens (including phenoxy) is 2. The molecular formula is C26H42O4. The van der Waals surface area contributed by atoms with Crippen molar-refractivity contribution in [1.82, 2.24) is 0 Å². The molecule has 12 atom stereocenters. The van der Waals surface area contributed by atoms with Gasteiger partial charge in [0.15, 0.2) is 5.79 Å². The minimum atomic E-state index is -0.346. The summed E-state index contributed by atoms with van der Waals surface area (Å²) < 4.78 is 13.1. The molecule has 4 heteroatoms. The smallest absolute Gasteiger partial charge is 0.169 e. The number of hydrogen-bond acceptors (Lipinski definition) is 4. The Labute approximate surface area is 182 Å². The van der Waals surface area contributed by atoms with Gasteiger partial charge in [-0.25, -0.2) is 0 Å². The highest BCUT2D eigenvalue weighted by molar-refractivity contribution is 5.15. The molecule has 30 heavy (non-hydrogen) atoms. The molecule has 1 spiro atoms. The molecule has 2 N–H and O–H groups in total. The molecule has 0 aromatic carbocycles. The van der Waals surface area contributed by atoms with Crippen LogP contribution in [0.15, 0.2) is 0 Å². The van der Waals surface area contributed by atoms with Crippen molar-refractivity contribution in [3.8, 4) is 0 Å². The van der Waals surface area contributed by atoms with E-state index in [2.05, 4.69) is 20.8 Å². The summed E-state index contributed by atoms with van der Waals surface area (Å²) in [5.74, 6) is 3.55. The summed E-state index contributed by atoms with van der Waals surface area (Å²) in [6.45, 7) is 8.08. The first-order chi connectivity index (χ1) is 14.3. The SMILES string of the molecule is C[C@@H]1CC[C@]2(C[C@H]3[C@@H](C[C@@H]4[C@H]5CC[C@@H]6C[C@H](O)C[C@H](O)[C@@]6(C)[C@@H]5CC[C@]43C)O2)OC1. The molecule has 0 bridgehead atoms. The number of fused-ring (bicyclic) bond motifs is 7. The van der Waals surface area contributed by atoms with Gasteiger partial charge in [0.05, 0.1) is 24.9 Å². The van der Waals surface area contributed by atoms with Crippen molar-refractivity contribution in [3.63, 3.8) is 0 Å². The van der Waals surface area contributed by atoms with E-state index in [9.17, 15) is 10.2 Å². The molecule has 6 fully saturated rings. The Hall–Kier alpha value is -0.160. The van der Waals surface area contributed by atoms with Crippen LogP contribution in [-0.2, 0) is 9.47 Å². The molecule has 0 amide bonds. The summed E-state index contributed by atoms with van der Waals surface area (Å²) in [4.78, 5) is 0. The first-order valence-electron chi connectivity index (χ1n) is 12.9. The molecule has 4 aliphatic carbocycles. The molecule has 0 radical (unpaired) electrons. The maximum atomic E-state index is 11.1. The normalized spacial score (nSPS) is 62.5. The lowest BCUT2D eigenvalue weighted by Crippen LogP contribution is -2.59. The topological polar surface area (TPSA) is 58.9 Å². The van der Waals surface area contributed by atoms with Gasteiger partial charge in [-0.2, -0.15) is 0 Å². The average molecular weight is 419 g/mol. The van der Waals surface area contributed by atoms with Crippen LogP contribution in [0.5, 0.6) is 0 Å². The summed E-state index contributed by atoms with van der Waals surface area (Å²) >= 11 is 0. The zero-order valence-electron chi connectivity index (χ0n) is 19.2. The third kappa shape index (κ3) is 2.66. The van der Waals surface area contributed by atoms with E-state index in [0.29, 0.717) is 47.5 Å². The molecule has 2 aliphatic heterocycles. The van der Waals surface area contributed by atoms with E-state index in [1.807, 2.05) is 0 Å². The van der Waals surface area contributed by atoms with Gasteiger partial charge < -0.3 is 19.7 Å². The summed E-state index contributed by atoms with van der Waals surface area (Å²) in [5.41, 5.74) is 0.357. The van der Waals surface area contributed by atoms with Crippen molar-refractivity contribution in [3.05, 3.63) is 0 Å². The van der Waals surface area contributed by atoms with E-state index in [-0.39, 0.29) is 23.4 Å². The molecule has 4 nitrogen and oxygen atoms in total. The molecule has 170 valence electrons. The monoisotopic (exact) mass is 418 g/mol. The van der Waals surface area contributed by atoms with Gasteiger partial charge in [0.25, 0.3) is 0 Å². The highest BCUT2D eigenvalue weighted by Crippen LogP contribution is 2.70. The summed E-state index contributed by atoms with van der Waals surface area (Å²) in [5, 5.41) is 21.4. The van der Waals surface area contributed by atoms with Gasteiger partial charge in [0.2, 0.25) is 0 Å². The highest BCUT2D eigenvalue weighted by Gasteiger charge is 2.67. The van der Waals surface area contributed by atoms with Gasteiger partial charge in [-0.15, -0.1) is 0 Å². The van der Waals surface area contributed by atoms with Gasteiger partial charge in [-0.05, 0) is 97.7 Å². The fourth-order valence-electron chi connectivity index (χ4n) is 9.71. The third-order valence-corrected chi connectivity index (χ3v) is 11.5. The van der Waals surface area contributed by atoms with E-state index < -0.39 is 0 Å². The van der Waals surface area contributed by atoms with Crippen molar-refractivity contribution in [2.45, 2.75) is 109 Å². The number of aliphatic hydroxyl groups is 2. The second kappa shape index (κ2) is 6.68. The predicted octanol–water partition coefficient (Wildman–Crippen LogP) is 4.52. The predicted molar refractivity (Wildman–Crippen MR) is 115 cm³/mol. The Morgan fingerprint density at radius 3 is 2.47 bits per heavy atom. The molecular weight excluding hydrogens is 376 g/mol. The Kier molecular flexibility index (Phi) is 4.55. The molecule has 2 saturated heterocycles. The van der Waals surface area contributed by atoms with Gasteiger partial charge >= 0.3 is 0 Å². The van der Waals surface area contributed by atoms with Crippen LogP contribution in [0.4, 0.5) is 0 Å². The van der Waals surface area contributed by atoms with E-state index in [1.54, 1.807) is 0 Å². The van der Waals surface area contributed by atoms with Crippen LogP contribution < -0.4 is 0 Å². The van der Waals surface area contributed by atoms with Crippen molar-refractivity contribution in [2.24, 2.45) is 46.3 Å². The van der Waals surface area contributed by atoms with Crippen LogP contribution in [0.3, 0.4) is 0 Å². The van der Waals surface area contributed by atoms with E-state index in [4.69, 9.17) is 9.47 Å². The quantitative estimate of drug-likeness (QED) is 0.607. The summed E-state index contributed by atoms with van der Waals surface area (Å²) in [6, 6.07) is 0. The minimum Gasteiger partial charge on any atom is -0.393 e. The van der Waals surface area contributed by atoms with E-state index in [0.717, 1.165) is 31.8 Å².